The molecule has 0 aromatic heterocycles. The maximum atomic E-state index is 11.2. The number of ether oxygens (including phenoxy) is 3. The van der Waals surface area contributed by atoms with Crippen LogP contribution in [0, 0.1) is 0 Å². The summed E-state index contributed by atoms with van der Waals surface area (Å²) >= 11 is 4.21. The molecule has 2 atom stereocenters. The van der Waals surface area contributed by atoms with Gasteiger partial charge in [-0.2, -0.15) is 0 Å². The average Bonchev–Trinajstić information content (AvgIpc) is 2.48. The van der Waals surface area contributed by atoms with Crippen molar-refractivity contribution in [2.75, 3.05) is 13.2 Å². The molecule has 0 aromatic carbocycles. The Morgan fingerprint density at radius 2 is 2.33 bits per heavy atom. The monoisotopic (exact) mass is 230 g/mol. The van der Waals surface area contributed by atoms with Gasteiger partial charge >= 0.3 is 5.97 Å². The molecule has 2 rings (SSSR count). The summed E-state index contributed by atoms with van der Waals surface area (Å²) in [6, 6.07) is 0. The number of thiol groups is 1. The van der Waals surface area contributed by atoms with Crippen LogP contribution in [0.2, 0.25) is 0 Å². The average molecular weight is 230 g/mol. The molecule has 1 saturated heterocycles. The van der Waals surface area contributed by atoms with E-state index in [1.165, 1.54) is 0 Å². The van der Waals surface area contributed by atoms with Crippen molar-refractivity contribution in [2.45, 2.75) is 32.2 Å². The van der Waals surface area contributed by atoms with Crippen molar-refractivity contribution in [2.24, 2.45) is 0 Å². The number of esters is 1. The summed E-state index contributed by atoms with van der Waals surface area (Å²) in [6.45, 7) is 3.03. The van der Waals surface area contributed by atoms with Crippen molar-refractivity contribution in [3.05, 3.63) is 10.5 Å². The highest BCUT2D eigenvalue weighted by Gasteiger charge is 2.32. The predicted molar refractivity (Wildman–Crippen MR) is 56.5 cm³/mol. The summed E-state index contributed by atoms with van der Waals surface area (Å²) in [7, 11) is 0. The number of hydrogen-bond donors (Lipinski definition) is 1. The second-order valence-corrected chi connectivity index (χ2v) is 4.20. The largest absolute Gasteiger partial charge is 0.427 e. The SMILES string of the molecule is CC1=C(S)C(OC2CCCOC2)OC1=O. The molecule has 15 heavy (non-hydrogen) atoms. The van der Waals surface area contributed by atoms with E-state index in [-0.39, 0.29) is 12.1 Å². The smallest absolute Gasteiger partial charge is 0.337 e. The standard InChI is InChI=1S/C10H14O4S/c1-6-8(15)10(14-9(6)11)13-7-3-2-4-12-5-7/h7,10,15H,2-5H2,1H3. The fraction of sp³-hybridized carbons (Fsp3) is 0.700. The number of carbonyl (C=O) groups excluding carboxylic acids is 1. The highest BCUT2D eigenvalue weighted by Crippen LogP contribution is 2.28. The number of rotatable bonds is 2. The molecule has 0 radical (unpaired) electrons. The van der Waals surface area contributed by atoms with E-state index in [1.54, 1.807) is 6.92 Å². The molecule has 0 spiro atoms. The molecule has 0 amide bonds. The highest BCUT2D eigenvalue weighted by molar-refractivity contribution is 7.84. The van der Waals surface area contributed by atoms with Gasteiger partial charge in [0.15, 0.2) is 0 Å². The zero-order valence-corrected chi connectivity index (χ0v) is 9.46. The van der Waals surface area contributed by atoms with Gasteiger partial charge in [0.1, 0.15) is 0 Å². The lowest BCUT2D eigenvalue weighted by atomic mass is 10.2. The van der Waals surface area contributed by atoms with E-state index in [9.17, 15) is 4.79 Å². The van der Waals surface area contributed by atoms with Crippen LogP contribution in [0.1, 0.15) is 19.8 Å². The maximum Gasteiger partial charge on any atom is 0.337 e. The first-order valence-electron chi connectivity index (χ1n) is 5.02. The van der Waals surface area contributed by atoms with Crippen LogP contribution in [0.25, 0.3) is 0 Å². The number of carbonyl (C=O) groups is 1. The number of cyclic esters (lactones) is 1. The summed E-state index contributed by atoms with van der Waals surface area (Å²) in [5.74, 6) is -0.346. The molecule has 0 aromatic rings. The minimum Gasteiger partial charge on any atom is -0.427 e. The molecule has 1 fully saturated rings. The van der Waals surface area contributed by atoms with Crippen molar-refractivity contribution in [1.82, 2.24) is 0 Å². The maximum absolute atomic E-state index is 11.2. The zero-order valence-electron chi connectivity index (χ0n) is 8.56. The molecular formula is C10H14O4S. The second-order valence-electron chi connectivity index (χ2n) is 3.72. The van der Waals surface area contributed by atoms with Gasteiger partial charge in [-0.25, -0.2) is 4.79 Å². The molecule has 2 aliphatic heterocycles. The Balaban J connectivity index is 1.93. The van der Waals surface area contributed by atoms with Crippen LogP contribution < -0.4 is 0 Å². The molecule has 0 bridgehead atoms. The lowest BCUT2D eigenvalue weighted by Crippen LogP contribution is -2.30. The molecule has 2 aliphatic rings. The zero-order chi connectivity index (χ0) is 10.8. The van der Waals surface area contributed by atoms with E-state index >= 15 is 0 Å². The van der Waals surface area contributed by atoms with Gasteiger partial charge < -0.3 is 14.2 Å². The fourth-order valence-corrected chi connectivity index (χ4v) is 1.81. The van der Waals surface area contributed by atoms with E-state index in [2.05, 4.69) is 12.6 Å². The van der Waals surface area contributed by atoms with Gasteiger partial charge in [0.05, 0.1) is 17.6 Å². The van der Waals surface area contributed by atoms with Crippen LogP contribution in [-0.2, 0) is 19.0 Å². The number of hydrogen-bond acceptors (Lipinski definition) is 5. The fourth-order valence-electron chi connectivity index (χ4n) is 1.61. The van der Waals surface area contributed by atoms with Crippen LogP contribution in [0.4, 0.5) is 0 Å². The minimum absolute atomic E-state index is 0.00426. The van der Waals surface area contributed by atoms with E-state index < -0.39 is 6.29 Å². The Bertz CT molecular complexity index is 294. The van der Waals surface area contributed by atoms with Gasteiger partial charge in [0, 0.05) is 12.2 Å². The third-order valence-electron chi connectivity index (χ3n) is 2.56. The van der Waals surface area contributed by atoms with Gasteiger partial charge in [0.25, 0.3) is 0 Å². The van der Waals surface area contributed by atoms with Gasteiger partial charge in [-0.1, -0.05) is 0 Å². The second kappa shape index (κ2) is 4.55. The van der Waals surface area contributed by atoms with Gasteiger partial charge in [-0.15, -0.1) is 12.6 Å². The third-order valence-corrected chi connectivity index (χ3v) is 3.11. The summed E-state index contributed by atoms with van der Waals surface area (Å²) in [4.78, 5) is 11.8. The van der Waals surface area contributed by atoms with Crippen molar-refractivity contribution in [1.29, 1.82) is 0 Å². The molecule has 0 aliphatic carbocycles. The van der Waals surface area contributed by atoms with Crippen molar-refractivity contribution in [3.8, 4) is 0 Å². The van der Waals surface area contributed by atoms with Crippen LogP contribution in [0.3, 0.4) is 0 Å². The van der Waals surface area contributed by atoms with Gasteiger partial charge in [-0.05, 0) is 19.8 Å². The van der Waals surface area contributed by atoms with E-state index in [1.807, 2.05) is 0 Å². The lowest BCUT2D eigenvalue weighted by molar-refractivity contribution is -0.177. The van der Waals surface area contributed by atoms with Crippen LogP contribution >= 0.6 is 12.6 Å². The Hall–Kier alpha value is -0.520. The first kappa shape index (κ1) is 11.0. The lowest BCUT2D eigenvalue weighted by Gasteiger charge is -2.25. The Kier molecular flexibility index (Phi) is 3.33. The first-order chi connectivity index (χ1) is 7.18. The Morgan fingerprint density at radius 1 is 1.53 bits per heavy atom. The minimum atomic E-state index is -0.632. The highest BCUT2D eigenvalue weighted by atomic mass is 32.1. The summed E-state index contributed by atoms with van der Waals surface area (Å²) in [5.41, 5.74) is 0.528. The molecule has 4 nitrogen and oxygen atoms in total. The van der Waals surface area contributed by atoms with Gasteiger partial charge in [0.2, 0.25) is 6.29 Å². The van der Waals surface area contributed by atoms with E-state index in [0.29, 0.717) is 17.1 Å². The molecule has 2 unspecified atom stereocenters. The molecule has 0 N–H and O–H groups in total. The normalized spacial score (nSPS) is 32.0. The summed E-state index contributed by atoms with van der Waals surface area (Å²) < 4.78 is 15.9. The van der Waals surface area contributed by atoms with Crippen LogP contribution in [-0.4, -0.2) is 31.6 Å². The molecular weight excluding hydrogens is 216 g/mol. The molecule has 5 heteroatoms. The summed E-state index contributed by atoms with van der Waals surface area (Å²) in [5, 5.41) is 0. The predicted octanol–water partition coefficient (Wildman–Crippen LogP) is 1.27. The summed E-state index contributed by atoms with van der Waals surface area (Å²) in [6.07, 6.45) is 1.29. The van der Waals surface area contributed by atoms with Crippen LogP contribution in [0.5, 0.6) is 0 Å². The van der Waals surface area contributed by atoms with Crippen molar-refractivity contribution in [3.63, 3.8) is 0 Å². The Labute approximate surface area is 94.0 Å². The van der Waals surface area contributed by atoms with Crippen LogP contribution in [0.15, 0.2) is 10.5 Å². The van der Waals surface area contributed by atoms with Crippen molar-refractivity contribution >= 4 is 18.6 Å². The first-order valence-corrected chi connectivity index (χ1v) is 5.47. The third kappa shape index (κ3) is 2.35. The molecule has 0 saturated carbocycles. The topological polar surface area (TPSA) is 44.8 Å². The van der Waals surface area contributed by atoms with Gasteiger partial charge in [-0.3, -0.25) is 0 Å². The van der Waals surface area contributed by atoms with Crippen molar-refractivity contribution < 1.29 is 19.0 Å². The molecule has 2 heterocycles. The quantitative estimate of drug-likeness (QED) is 0.573. The van der Waals surface area contributed by atoms with E-state index in [0.717, 1.165) is 19.4 Å². The van der Waals surface area contributed by atoms with E-state index in [4.69, 9.17) is 14.2 Å². The molecule has 84 valence electrons. The Morgan fingerprint density at radius 3 is 2.87 bits per heavy atom.